The fourth-order valence-corrected chi connectivity index (χ4v) is 2.04. The maximum absolute atomic E-state index is 11.0. The molecule has 2 aromatic heterocycles. The third-order valence-electron chi connectivity index (χ3n) is 2.82. The number of anilines is 1. The highest BCUT2D eigenvalue weighted by Crippen LogP contribution is 2.35. The highest BCUT2D eigenvalue weighted by atomic mass is 16.6. The third-order valence-corrected chi connectivity index (χ3v) is 2.82. The van der Waals surface area contributed by atoms with Gasteiger partial charge in [0, 0.05) is 6.54 Å². The molecule has 8 nitrogen and oxygen atoms in total. The van der Waals surface area contributed by atoms with Crippen LogP contribution in [0, 0.1) is 17.0 Å². The van der Waals surface area contributed by atoms with Gasteiger partial charge in [-0.1, -0.05) is 0 Å². The lowest BCUT2D eigenvalue weighted by Crippen LogP contribution is -1.96. The molecule has 8 heteroatoms. The van der Waals surface area contributed by atoms with Crippen molar-refractivity contribution >= 4 is 11.5 Å². The molecule has 0 saturated heterocycles. The SMILES string of the molecule is Cc1n[nH]c(-c2cnn3c2NCC3)c1[N+](=O)[O-]. The van der Waals surface area contributed by atoms with Gasteiger partial charge in [-0.2, -0.15) is 10.2 Å². The first-order chi connectivity index (χ1) is 8.18. The van der Waals surface area contributed by atoms with E-state index in [-0.39, 0.29) is 5.69 Å². The number of nitrogens with one attached hydrogen (secondary N) is 2. The van der Waals surface area contributed by atoms with Crippen LogP contribution in [0.25, 0.3) is 11.3 Å². The lowest BCUT2D eigenvalue weighted by molar-refractivity contribution is -0.384. The van der Waals surface area contributed by atoms with E-state index in [2.05, 4.69) is 20.6 Å². The van der Waals surface area contributed by atoms with E-state index in [4.69, 9.17) is 0 Å². The van der Waals surface area contributed by atoms with E-state index in [1.807, 2.05) is 0 Å². The monoisotopic (exact) mass is 234 g/mol. The number of H-pyrrole nitrogens is 1. The standard InChI is InChI=1S/C9H10N6O2/c1-5-8(15(16)17)7(13-12-5)6-4-11-14-3-2-10-9(6)14/h4,10H,2-3H2,1H3,(H,12,13). The number of nitrogens with zero attached hydrogens (tertiary/aromatic N) is 4. The Balaban J connectivity index is 2.19. The van der Waals surface area contributed by atoms with Crippen molar-refractivity contribution < 1.29 is 4.92 Å². The zero-order chi connectivity index (χ0) is 12.0. The number of nitro groups is 1. The number of rotatable bonds is 2. The first-order valence-corrected chi connectivity index (χ1v) is 5.18. The molecule has 2 aromatic rings. The summed E-state index contributed by atoms with van der Waals surface area (Å²) < 4.78 is 1.79. The molecule has 0 aliphatic carbocycles. The summed E-state index contributed by atoms with van der Waals surface area (Å²) in [6.45, 7) is 3.17. The Labute approximate surface area is 95.8 Å². The summed E-state index contributed by atoms with van der Waals surface area (Å²) in [5.41, 5.74) is 1.48. The maximum atomic E-state index is 11.0. The molecule has 0 atom stereocenters. The van der Waals surface area contributed by atoms with Crippen molar-refractivity contribution in [2.45, 2.75) is 13.5 Å². The van der Waals surface area contributed by atoms with E-state index < -0.39 is 4.92 Å². The van der Waals surface area contributed by atoms with Crippen molar-refractivity contribution in [3.8, 4) is 11.3 Å². The van der Waals surface area contributed by atoms with Crippen molar-refractivity contribution in [3.63, 3.8) is 0 Å². The molecule has 0 radical (unpaired) electrons. The van der Waals surface area contributed by atoms with Crippen LogP contribution in [0.3, 0.4) is 0 Å². The molecule has 0 bridgehead atoms. The summed E-state index contributed by atoms with van der Waals surface area (Å²) in [5.74, 6) is 0.803. The Kier molecular flexibility index (Phi) is 1.91. The molecule has 17 heavy (non-hydrogen) atoms. The zero-order valence-corrected chi connectivity index (χ0v) is 9.10. The van der Waals surface area contributed by atoms with Crippen LogP contribution in [0.4, 0.5) is 11.5 Å². The van der Waals surface area contributed by atoms with E-state index in [1.165, 1.54) is 0 Å². The molecule has 1 aliphatic heterocycles. The lowest BCUT2D eigenvalue weighted by atomic mass is 10.2. The summed E-state index contributed by atoms with van der Waals surface area (Å²) in [6.07, 6.45) is 1.61. The average Bonchev–Trinajstić information content (AvgIpc) is 2.90. The van der Waals surface area contributed by atoms with Gasteiger partial charge >= 0.3 is 5.69 Å². The molecule has 0 amide bonds. The zero-order valence-electron chi connectivity index (χ0n) is 9.10. The van der Waals surface area contributed by atoms with Crippen molar-refractivity contribution in [2.75, 3.05) is 11.9 Å². The highest BCUT2D eigenvalue weighted by Gasteiger charge is 2.27. The summed E-state index contributed by atoms with van der Waals surface area (Å²) in [7, 11) is 0. The van der Waals surface area contributed by atoms with Gasteiger partial charge in [0.25, 0.3) is 0 Å². The first-order valence-electron chi connectivity index (χ1n) is 5.18. The van der Waals surface area contributed by atoms with Crippen LogP contribution >= 0.6 is 0 Å². The van der Waals surface area contributed by atoms with Crippen LogP contribution in [0.1, 0.15) is 5.69 Å². The van der Waals surface area contributed by atoms with Crippen LogP contribution in [0.2, 0.25) is 0 Å². The van der Waals surface area contributed by atoms with Gasteiger partial charge in [0.15, 0.2) is 0 Å². The second-order valence-corrected chi connectivity index (χ2v) is 3.85. The molecular weight excluding hydrogens is 224 g/mol. The minimum Gasteiger partial charge on any atom is -0.368 e. The highest BCUT2D eigenvalue weighted by molar-refractivity contribution is 5.79. The Morgan fingerprint density at radius 3 is 3.18 bits per heavy atom. The van der Waals surface area contributed by atoms with Gasteiger partial charge in [0.05, 0.1) is 23.2 Å². The molecule has 0 spiro atoms. The molecule has 0 saturated carbocycles. The van der Waals surface area contributed by atoms with Crippen LogP contribution in [0.5, 0.6) is 0 Å². The van der Waals surface area contributed by atoms with Gasteiger partial charge in [-0.25, -0.2) is 4.68 Å². The molecular formula is C9H10N6O2. The van der Waals surface area contributed by atoms with Crippen molar-refractivity contribution in [1.82, 2.24) is 20.0 Å². The van der Waals surface area contributed by atoms with E-state index in [0.717, 1.165) is 18.9 Å². The number of hydrogen-bond donors (Lipinski definition) is 2. The van der Waals surface area contributed by atoms with Crippen LogP contribution < -0.4 is 5.32 Å². The number of fused-ring (bicyclic) bond motifs is 1. The number of aromatic amines is 1. The van der Waals surface area contributed by atoms with Gasteiger partial charge in [-0.05, 0) is 6.92 Å². The Morgan fingerprint density at radius 2 is 2.41 bits per heavy atom. The molecule has 1 aliphatic rings. The second-order valence-electron chi connectivity index (χ2n) is 3.85. The van der Waals surface area contributed by atoms with Crippen molar-refractivity contribution in [3.05, 3.63) is 22.0 Å². The maximum Gasteiger partial charge on any atom is 0.317 e. The number of aryl methyl sites for hydroxylation is 1. The lowest BCUT2D eigenvalue weighted by Gasteiger charge is -1.98. The fourth-order valence-electron chi connectivity index (χ4n) is 2.04. The summed E-state index contributed by atoms with van der Waals surface area (Å²) >= 11 is 0. The van der Waals surface area contributed by atoms with Crippen LogP contribution in [0.15, 0.2) is 6.20 Å². The summed E-state index contributed by atoms with van der Waals surface area (Å²) in [4.78, 5) is 10.6. The normalized spacial score (nSPS) is 13.5. The first kappa shape index (κ1) is 9.82. The largest absolute Gasteiger partial charge is 0.368 e. The molecule has 3 rings (SSSR count). The van der Waals surface area contributed by atoms with E-state index in [0.29, 0.717) is 17.0 Å². The van der Waals surface area contributed by atoms with E-state index in [1.54, 1.807) is 17.8 Å². The predicted octanol–water partition coefficient (Wildman–Crippen LogP) is 0.915. The molecule has 0 fully saturated rings. The Bertz CT molecular complexity index is 599. The minimum absolute atomic E-state index is 0.00880. The fraction of sp³-hybridized carbons (Fsp3) is 0.333. The minimum atomic E-state index is -0.423. The van der Waals surface area contributed by atoms with E-state index >= 15 is 0 Å². The average molecular weight is 234 g/mol. The second kappa shape index (κ2) is 3.30. The molecule has 3 heterocycles. The van der Waals surface area contributed by atoms with Crippen molar-refractivity contribution in [1.29, 1.82) is 0 Å². The Morgan fingerprint density at radius 1 is 1.59 bits per heavy atom. The van der Waals surface area contributed by atoms with Crippen LogP contribution in [-0.4, -0.2) is 31.4 Å². The predicted molar refractivity (Wildman–Crippen MR) is 59.7 cm³/mol. The molecule has 0 aromatic carbocycles. The number of hydrogen-bond acceptors (Lipinski definition) is 5. The molecule has 0 unspecified atom stereocenters. The van der Waals surface area contributed by atoms with Crippen molar-refractivity contribution in [2.24, 2.45) is 0 Å². The third kappa shape index (κ3) is 1.30. The topological polar surface area (TPSA) is 102 Å². The smallest absolute Gasteiger partial charge is 0.317 e. The van der Waals surface area contributed by atoms with Gasteiger partial charge in [-0.3, -0.25) is 15.2 Å². The van der Waals surface area contributed by atoms with Gasteiger partial charge in [0.2, 0.25) is 0 Å². The summed E-state index contributed by atoms with van der Waals surface area (Å²) in [6, 6.07) is 0. The quantitative estimate of drug-likeness (QED) is 0.594. The van der Waals surface area contributed by atoms with Gasteiger partial charge < -0.3 is 5.32 Å². The molecule has 88 valence electrons. The number of aromatic nitrogens is 4. The summed E-state index contributed by atoms with van der Waals surface area (Å²) in [5, 5.41) is 24.9. The molecule has 2 N–H and O–H groups in total. The van der Waals surface area contributed by atoms with E-state index in [9.17, 15) is 10.1 Å². The van der Waals surface area contributed by atoms with Gasteiger partial charge in [0.1, 0.15) is 17.2 Å². The Hall–Kier alpha value is -2.38. The van der Waals surface area contributed by atoms with Crippen LogP contribution in [-0.2, 0) is 6.54 Å². The van der Waals surface area contributed by atoms with Gasteiger partial charge in [-0.15, -0.1) is 0 Å².